The zero-order valence-corrected chi connectivity index (χ0v) is 34.1. The van der Waals surface area contributed by atoms with Crippen molar-refractivity contribution < 1.29 is 33.3 Å². The number of anilines is 1. The molecule has 1 aliphatic heterocycles. The summed E-state index contributed by atoms with van der Waals surface area (Å²) >= 11 is 0. The van der Waals surface area contributed by atoms with E-state index in [2.05, 4.69) is 68.4 Å². The van der Waals surface area contributed by atoms with Crippen LogP contribution in [0.2, 0.25) is 18.1 Å². The number of fused-ring (bicyclic) bond motifs is 1. The summed E-state index contributed by atoms with van der Waals surface area (Å²) in [6.07, 6.45) is -0.629. The molecule has 3 aromatic carbocycles. The molecule has 1 fully saturated rings. The molecular formula is C42H53N5O7Si. The number of carbonyl (C=O) groups excluding carboxylic acids is 1. The number of aromatic nitrogens is 4. The van der Waals surface area contributed by atoms with Crippen LogP contribution in [0.4, 0.5) is 5.82 Å². The van der Waals surface area contributed by atoms with Crippen molar-refractivity contribution in [3.63, 3.8) is 0 Å². The number of rotatable bonds is 13. The Morgan fingerprint density at radius 2 is 1.47 bits per heavy atom. The highest BCUT2D eigenvalue weighted by atomic mass is 28.4. The van der Waals surface area contributed by atoms with Crippen LogP contribution in [0.1, 0.15) is 64.5 Å². The summed E-state index contributed by atoms with van der Waals surface area (Å²) in [7, 11) is -0.561. The molecular weight excluding hydrogens is 715 g/mol. The Labute approximate surface area is 324 Å². The first-order chi connectivity index (χ1) is 26.1. The molecule has 1 aliphatic rings. The largest absolute Gasteiger partial charge is 0.497 e. The third-order valence-electron chi connectivity index (χ3n) is 10.7. The van der Waals surface area contributed by atoms with Crippen molar-refractivity contribution in [1.82, 2.24) is 19.5 Å². The van der Waals surface area contributed by atoms with Crippen LogP contribution in [0.25, 0.3) is 11.2 Å². The van der Waals surface area contributed by atoms with Gasteiger partial charge in [-0.1, -0.05) is 93.6 Å². The standard InChI is InChI=1S/C42H53N5O7Si/c1-40(2,3)39(49)52-27-51-35-32(24-53-55(8,9)41(4,5)6)54-38(34(35)48)47-26-45-33-36(43-25-44-37(33)47)46-42(28-16-12-10-13-17-28,29-18-14-11-15-19-29)30-20-22-31(50-7)23-21-30/h10-23,25-26,32,34-35,38,48H,24,27H2,1-9H3,(H,43,44,46)/t32-,34?,35?,38-/m1/s1. The molecule has 12 nitrogen and oxygen atoms in total. The van der Waals surface area contributed by atoms with Crippen LogP contribution >= 0.6 is 0 Å². The smallest absolute Gasteiger partial charge is 0.313 e. The predicted molar refractivity (Wildman–Crippen MR) is 213 cm³/mol. The molecule has 5 aromatic rings. The average Bonchev–Trinajstić information content (AvgIpc) is 3.73. The molecule has 6 rings (SSSR count). The van der Waals surface area contributed by atoms with Crippen molar-refractivity contribution in [2.45, 2.75) is 89.8 Å². The van der Waals surface area contributed by atoms with Crippen LogP contribution < -0.4 is 10.1 Å². The van der Waals surface area contributed by atoms with Crippen molar-refractivity contribution >= 4 is 31.3 Å². The van der Waals surface area contributed by atoms with E-state index in [1.165, 1.54) is 6.33 Å². The Kier molecular flexibility index (Phi) is 11.5. The summed E-state index contributed by atoms with van der Waals surface area (Å²) in [6.45, 7) is 15.9. The molecule has 0 radical (unpaired) electrons. The number of nitrogens with one attached hydrogen (secondary N) is 1. The molecule has 0 bridgehead atoms. The van der Waals surface area contributed by atoms with Gasteiger partial charge in [0.2, 0.25) is 0 Å². The van der Waals surface area contributed by atoms with E-state index in [9.17, 15) is 9.90 Å². The molecule has 2 aromatic heterocycles. The van der Waals surface area contributed by atoms with E-state index >= 15 is 0 Å². The first-order valence-corrected chi connectivity index (χ1v) is 21.5. The van der Waals surface area contributed by atoms with Crippen LogP contribution in [0.15, 0.2) is 97.6 Å². The SMILES string of the molecule is COc1ccc(C(Nc2ncnc3c2ncn3[C@@H]2O[C@H](CO[Si](C)(C)C(C)(C)C)C(OCOC(=O)C(C)(C)C)C2O)(c2ccccc2)c2ccccc2)cc1. The second kappa shape index (κ2) is 15.8. The first-order valence-electron chi connectivity index (χ1n) is 18.5. The lowest BCUT2D eigenvalue weighted by molar-refractivity contribution is -0.176. The fourth-order valence-corrected chi connectivity index (χ4v) is 7.43. The number of carbonyl (C=O) groups is 1. The number of hydrogen-bond acceptors (Lipinski definition) is 11. The number of benzene rings is 3. The molecule has 4 atom stereocenters. The molecule has 2 unspecified atom stereocenters. The van der Waals surface area contributed by atoms with E-state index in [0.29, 0.717) is 17.0 Å². The van der Waals surface area contributed by atoms with Crippen molar-refractivity contribution in [1.29, 1.82) is 0 Å². The number of methoxy groups -OCH3 is 1. The normalized spacial score (nSPS) is 19.4. The number of hydrogen-bond donors (Lipinski definition) is 2. The minimum Gasteiger partial charge on any atom is -0.497 e. The van der Waals surface area contributed by atoms with Gasteiger partial charge < -0.3 is 33.8 Å². The number of ether oxygens (including phenoxy) is 4. The van der Waals surface area contributed by atoms with E-state index in [0.717, 1.165) is 22.4 Å². The highest BCUT2D eigenvalue weighted by Gasteiger charge is 2.48. The highest BCUT2D eigenvalue weighted by molar-refractivity contribution is 6.74. The summed E-state index contributed by atoms with van der Waals surface area (Å²) in [5.41, 5.74) is 2.18. The Bertz CT molecular complexity index is 2010. The summed E-state index contributed by atoms with van der Waals surface area (Å²) in [5, 5.41) is 15.6. The molecule has 1 saturated heterocycles. The van der Waals surface area contributed by atoms with Gasteiger partial charge in [-0.15, -0.1) is 0 Å². The summed E-state index contributed by atoms with van der Waals surface area (Å²) in [6, 6.07) is 28.3. The zero-order chi connectivity index (χ0) is 39.6. The highest BCUT2D eigenvalue weighted by Crippen LogP contribution is 2.42. The fourth-order valence-electron chi connectivity index (χ4n) is 6.42. The monoisotopic (exact) mass is 767 g/mol. The van der Waals surface area contributed by atoms with Crippen molar-refractivity contribution in [3.8, 4) is 5.75 Å². The third-order valence-corrected chi connectivity index (χ3v) is 15.2. The topological polar surface area (TPSA) is 139 Å². The minimum atomic E-state index is -2.21. The molecule has 0 aliphatic carbocycles. The average molecular weight is 768 g/mol. The Balaban J connectivity index is 1.38. The Morgan fingerprint density at radius 3 is 2.04 bits per heavy atom. The van der Waals surface area contributed by atoms with Gasteiger partial charge in [-0.25, -0.2) is 15.0 Å². The molecule has 55 heavy (non-hydrogen) atoms. The number of aliphatic hydroxyl groups excluding tert-OH is 1. The van der Waals surface area contributed by atoms with Gasteiger partial charge in [0, 0.05) is 0 Å². The zero-order valence-electron chi connectivity index (χ0n) is 33.1. The fraction of sp³-hybridized carbons (Fsp3) is 0.429. The number of aliphatic hydroxyl groups is 1. The van der Waals surface area contributed by atoms with Gasteiger partial charge in [-0.3, -0.25) is 9.36 Å². The van der Waals surface area contributed by atoms with E-state index < -0.39 is 49.8 Å². The third kappa shape index (κ3) is 8.17. The van der Waals surface area contributed by atoms with Gasteiger partial charge in [0.15, 0.2) is 38.3 Å². The maximum absolute atomic E-state index is 12.5. The lowest BCUT2D eigenvalue weighted by Crippen LogP contribution is -2.45. The van der Waals surface area contributed by atoms with Crippen LogP contribution in [0.3, 0.4) is 0 Å². The summed E-state index contributed by atoms with van der Waals surface area (Å²) < 4.78 is 31.8. The van der Waals surface area contributed by atoms with Gasteiger partial charge in [0.1, 0.15) is 35.9 Å². The maximum atomic E-state index is 12.5. The van der Waals surface area contributed by atoms with Crippen LogP contribution in [0.5, 0.6) is 5.75 Å². The van der Waals surface area contributed by atoms with E-state index in [1.807, 2.05) is 60.7 Å². The van der Waals surface area contributed by atoms with Gasteiger partial charge >= 0.3 is 5.97 Å². The van der Waals surface area contributed by atoms with Gasteiger partial charge in [0.25, 0.3) is 0 Å². The van der Waals surface area contributed by atoms with Crippen molar-refractivity contribution in [2.24, 2.45) is 5.41 Å². The maximum Gasteiger partial charge on any atom is 0.313 e. The predicted octanol–water partition coefficient (Wildman–Crippen LogP) is 7.45. The molecule has 3 heterocycles. The Morgan fingerprint density at radius 1 is 0.873 bits per heavy atom. The van der Waals surface area contributed by atoms with Crippen molar-refractivity contribution in [2.75, 3.05) is 25.8 Å². The second-order valence-corrected chi connectivity index (χ2v) is 21.2. The summed E-state index contributed by atoms with van der Waals surface area (Å²) in [4.78, 5) is 26.7. The minimum absolute atomic E-state index is 0.0520. The molecule has 0 amide bonds. The van der Waals surface area contributed by atoms with Gasteiger partial charge in [-0.05, 0) is 67.7 Å². The van der Waals surface area contributed by atoms with Gasteiger partial charge in [0.05, 0.1) is 25.5 Å². The molecule has 0 spiro atoms. The van der Waals surface area contributed by atoms with Crippen LogP contribution in [0, 0.1) is 5.41 Å². The lowest BCUT2D eigenvalue weighted by Gasteiger charge is -2.37. The Hall–Kier alpha value is -4.66. The van der Waals surface area contributed by atoms with E-state index in [4.69, 9.17) is 33.3 Å². The lowest BCUT2D eigenvalue weighted by atomic mass is 9.77. The number of esters is 1. The molecule has 13 heteroatoms. The number of imidazole rings is 1. The molecule has 2 N–H and O–H groups in total. The van der Waals surface area contributed by atoms with Gasteiger partial charge in [-0.2, -0.15) is 0 Å². The van der Waals surface area contributed by atoms with Crippen LogP contribution in [-0.2, 0) is 29.0 Å². The first kappa shape index (κ1) is 40.0. The molecule has 292 valence electrons. The molecule has 0 saturated carbocycles. The van der Waals surface area contributed by atoms with E-state index in [1.54, 1.807) is 38.8 Å². The van der Waals surface area contributed by atoms with E-state index in [-0.39, 0.29) is 18.4 Å². The van der Waals surface area contributed by atoms with Crippen molar-refractivity contribution in [3.05, 3.63) is 114 Å². The second-order valence-electron chi connectivity index (χ2n) is 16.4. The summed E-state index contributed by atoms with van der Waals surface area (Å²) in [5.74, 6) is 0.791. The quantitative estimate of drug-likeness (QED) is 0.0535. The van der Waals surface area contributed by atoms with Crippen LogP contribution in [-0.4, -0.2) is 77.7 Å². The number of nitrogens with zero attached hydrogens (tertiary/aromatic N) is 4.